The Labute approximate surface area is 124 Å². The molecule has 0 saturated heterocycles. The van der Waals surface area contributed by atoms with Crippen LogP contribution in [0.4, 0.5) is 0 Å². The van der Waals surface area contributed by atoms with Crippen LogP contribution >= 0.6 is 0 Å². The van der Waals surface area contributed by atoms with Crippen molar-refractivity contribution in [1.29, 1.82) is 0 Å². The molecule has 1 unspecified atom stereocenters. The van der Waals surface area contributed by atoms with E-state index in [1.165, 1.54) is 0 Å². The monoisotopic (exact) mass is 291 g/mol. The minimum atomic E-state index is -0.174. The summed E-state index contributed by atoms with van der Waals surface area (Å²) in [7, 11) is 1.57. The summed E-state index contributed by atoms with van der Waals surface area (Å²) in [6, 6.07) is 5.66. The van der Waals surface area contributed by atoms with Crippen LogP contribution in [0.3, 0.4) is 0 Å². The maximum atomic E-state index is 11.8. The Balaban J connectivity index is 2.91. The van der Waals surface area contributed by atoms with Crippen molar-refractivity contribution < 1.29 is 14.3 Å². The molecule has 0 aliphatic carbocycles. The molecule has 0 heterocycles. The number of carbonyl (C=O) groups is 1. The van der Waals surface area contributed by atoms with E-state index >= 15 is 0 Å². The number of nitrogens with zero attached hydrogens (tertiary/aromatic N) is 3. The van der Waals surface area contributed by atoms with E-state index in [0.717, 1.165) is 17.5 Å². The summed E-state index contributed by atoms with van der Waals surface area (Å²) < 4.78 is 10.3. The predicted molar refractivity (Wildman–Crippen MR) is 80.0 cm³/mol. The third-order valence-electron chi connectivity index (χ3n) is 3.24. The molecule has 0 N–H and O–H groups in total. The third kappa shape index (κ3) is 5.00. The Bertz CT molecular complexity index is 525. The molecular weight excluding hydrogens is 270 g/mol. The maximum absolute atomic E-state index is 11.8. The first kappa shape index (κ1) is 16.9. The summed E-state index contributed by atoms with van der Waals surface area (Å²) in [4.78, 5) is 14.6. The molecule has 0 amide bonds. The number of hydrogen-bond acceptors (Lipinski definition) is 4. The van der Waals surface area contributed by atoms with Crippen molar-refractivity contribution in [2.45, 2.75) is 33.2 Å². The first-order chi connectivity index (χ1) is 10.2. The molecule has 0 saturated carbocycles. The van der Waals surface area contributed by atoms with Gasteiger partial charge in [-0.05, 0) is 36.9 Å². The van der Waals surface area contributed by atoms with Crippen LogP contribution in [-0.4, -0.2) is 19.7 Å². The van der Waals surface area contributed by atoms with E-state index in [1.54, 1.807) is 14.0 Å². The van der Waals surface area contributed by atoms with Crippen LogP contribution in [0, 0.1) is 5.92 Å². The summed E-state index contributed by atoms with van der Waals surface area (Å²) >= 11 is 0. The highest BCUT2D eigenvalue weighted by atomic mass is 16.5. The lowest BCUT2D eigenvalue weighted by molar-refractivity contribution is -0.148. The van der Waals surface area contributed by atoms with Crippen molar-refractivity contribution in [3.05, 3.63) is 39.8 Å². The lowest BCUT2D eigenvalue weighted by Crippen LogP contribution is -2.19. The first-order valence-electron chi connectivity index (χ1n) is 6.99. The Morgan fingerprint density at radius 2 is 2.19 bits per heavy atom. The molecule has 0 aliphatic heterocycles. The molecule has 0 bridgehead atoms. The zero-order chi connectivity index (χ0) is 15.7. The molecular formula is C15H21N3O3. The average molecular weight is 291 g/mol. The molecule has 1 rings (SSSR count). The molecule has 1 aromatic carbocycles. The number of methoxy groups -OCH3 is 1. The van der Waals surface area contributed by atoms with Gasteiger partial charge in [-0.15, -0.1) is 0 Å². The smallest absolute Gasteiger partial charge is 0.309 e. The number of esters is 1. The molecule has 6 nitrogen and oxygen atoms in total. The van der Waals surface area contributed by atoms with Crippen molar-refractivity contribution in [3.8, 4) is 5.75 Å². The fourth-order valence-corrected chi connectivity index (χ4v) is 2.13. The van der Waals surface area contributed by atoms with E-state index in [1.807, 2.05) is 25.1 Å². The van der Waals surface area contributed by atoms with Gasteiger partial charge in [-0.25, -0.2) is 0 Å². The molecule has 6 heteroatoms. The number of azide groups is 1. The van der Waals surface area contributed by atoms with Crippen LogP contribution in [0.25, 0.3) is 10.4 Å². The normalized spacial score (nSPS) is 11.4. The van der Waals surface area contributed by atoms with Crippen molar-refractivity contribution in [2.24, 2.45) is 11.0 Å². The molecule has 0 aliphatic rings. The summed E-state index contributed by atoms with van der Waals surface area (Å²) in [5.41, 5.74) is 10.2. The van der Waals surface area contributed by atoms with Gasteiger partial charge in [0, 0.05) is 10.5 Å². The van der Waals surface area contributed by atoms with Crippen LogP contribution in [0.1, 0.15) is 31.4 Å². The molecule has 0 aromatic heterocycles. The van der Waals surface area contributed by atoms with Crippen LogP contribution in [-0.2, 0) is 22.5 Å². The third-order valence-corrected chi connectivity index (χ3v) is 3.24. The minimum absolute atomic E-state index is 0.161. The van der Waals surface area contributed by atoms with E-state index in [2.05, 4.69) is 10.0 Å². The molecule has 114 valence electrons. The molecule has 0 radical (unpaired) electrons. The van der Waals surface area contributed by atoms with Crippen molar-refractivity contribution in [3.63, 3.8) is 0 Å². The van der Waals surface area contributed by atoms with Gasteiger partial charge in [0.15, 0.2) is 0 Å². The van der Waals surface area contributed by atoms with Crippen molar-refractivity contribution in [2.75, 3.05) is 13.7 Å². The van der Waals surface area contributed by atoms with Gasteiger partial charge in [0.05, 0.1) is 26.2 Å². The highest BCUT2D eigenvalue weighted by Crippen LogP contribution is 2.23. The number of hydrogen-bond donors (Lipinski definition) is 0. The summed E-state index contributed by atoms with van der Waals surface area (Å²) in [5.74, 6) is 0.341. The van der Waals surface area contributed by atoms with Gasteiger partial charge in [0.25, 0.3) is 0 Å². The highest BCUT2D eigenvalue weighted by molar-refractivity contribution is 5.72. The van der Waals surface area contributed by atoms with E-state index in [9.17, 15) is 4.79 Å². The second-order valence-electron chi connectivity index (χ2n) is 4.60. The maximum Gasteiger partial charge on any atom is 0.309 e. The van der Waals surface area contributed by atoms with Crippen LogP contribution in [0.15, 0.2) is 23.3 Å². The van der Waals surface area contributed by atoms with E-state index in [4.69, 9.17) is 15.0 Å². The van der Waals surface area contributed by atoms with Crippen LogP contribution in [0.5, 0.6) is 5.75 Å². The Morgan fingerprint density at radius 3 is 2.76 bits per heavy atom. The SMILES string of the molecule is CCOC(=O)C(CC)Cc1ccc(OC)c(CN=[N+]=[N-])c1. The zero-order valence-corrected chi connectivity index (χ0v) is 12.7. The fraction of sp³-hybridized carbons (Fsp3) is 0.533. The minimum Gasteiger partial charge on any atom is -0.496 e. The topological polar surface area (TPSA) is 84.3 Å². The van der Waals surface area contributed by atoms with Gasteiger partial charge >= 0.3 is 5.97 Å². The van der Waals surface area contributed by atoms with Crippen LogP contribution in [0.2, 0.25) is 0 Å². The predicted octanol–water partition coefficient (Wildman–Crippen LogP) is 3.64. The summed E-state index contributed by atoms with van der Waals surface area (Å²) in [5, 5.41) is 3.56. The van der Waals surface area contributed by atoms with Gasteiger partial charge in [0.1, 0.15) is 5.75 Å². The number of carbonyl (C=O) groups excluding carboxylic acids is 1. The lowest BCUT2D eigenvalue weighted by atomic mass is 9.95. The second kappa shape index (κ2) is 8.87. The standard InChI is InChI=1S/C15H21N3O3/c1-4-12(15(19)21-5-2)8-11-6-7-14(20-3)13(9-11)10-17-18-16/h6-7,9,12H,4-5,8,10H2,1-3H3. The first-order valence-corrected chi connectivity index (χ1v) is 6.99. The highest BCUT2D eigenvalue weighted by Gasteiger charge is 2.18. The quantitative estimate of drug-likeness (QED) is 0.317. The zero-order valence-electron chi connectivity index (χ0n) is 12.7. The summed E-state index contributed by atoms with van der Waals surface area (Å²) in [6.07, 6.45) is 1.32. The molecule has 0 fully saturated rings. The fourth-order valence-electron chi connectivity index (χ4n) is 2.13. The number of rotatable bonds is 8. The molecule has 21 heavy (non-hydrogen) atoms. The van der Waals surface area contributed by atoms with E-state index in [0.29, 0.717) is 18.8 Å². The van der Waals surface area contributed by atoms with Gasteiger partial charge in [-0.2, -0.15) is 0 Å². The summed E-state index contributed by atoms with van der Waals surface area (Å²) in [6.45, 7) is 4.38. The number of benzene rings is 1. The molecule has 1 aromatic rings. The Morgan fingerprint density at radius 1 is 1.43 bits per heavy atom. The van der Waals surface area contributed by atoms with Gasteiger partial charge in [-0.3, -0.25) is 4.79 Å². The largest absolute Gasteiger partial charge is 0.496 e. The van der Waals surface area contributed by atoms with E-state index < -0.39 is 0 Å². The Hall–Kier alpha value is -2.20. The second-order valence-corrected chi connectivity index (χ2v) is 4.60. The van der Waals surface area contributed by atoms with Gasteiger partial charge in [-0.1, -0.05) is 24.2 Å². The Kier molecular flexibility index (Phi) is 7.12. The number of ether oxygens (including phenoxy) is 2. The van der Waals surface area contributed by atoms with Gasteiger partial charge in [0.2, 0.25) is 0 Å². The average Bonchev–Trinajstić information content (AvgIpc) is 2.50. The van der Waals surface area contributed by atoms with Gasteiger partial charge < -0.3 is 9.47 Å². The molecule has 1 atom stereocenters. The lowest BCUT2D eigenvalue weighted by Gasteiger charge is -2.15. The van der Waals surface area contributed by atoms with Crippen molar-refractivity contribution in [1.82, 2.24) is 0 Å². The van der Waals surface area contributed by atoms with E-state index in [-0.39, 0.29) is 18.4 Å². The van der Waals surface area contributed by atoms with Crippen molar-refractivity contribution >= 4 is 5.97 Å². The molecule has 0 spiro atoms. The van der Waals surface area contributed by atoms with Crippen LogP contribution < -0.4 is 4.74 Å².